The van der Waals surface area contributed by atoms with Gasteiger partial charge in [-0.3, -0.25) is 4.79 Å². The van der Waals surface area contributed by atoms with Gasteiger partial charge in [0, 0.05) is 18.7 Å². The molecule has 1 aromatic rings. The van der Waals surface area contributed by atoms with Crippen molar-refractivity contribution in [1.82, 2.24) is 4.90 Å². The predicted octanol–water partition coefficient (Wildman–Crippen LogP) is 2.78. The molecule has 0 aliphatic carbocycles. The van der Waals surface area contributed by atoms with Crippen LogP contribution in [0.15, 0.2) is 30.3 Å². The van der Waals surface area contributed by atoms with Crippen LogP contribution in [0, 0.1) is 0 Å². The lowest BCUT2D eigenvalue weighted by molar-refractivity contribution is -0.148. The first-order chi connectivity index (χ1) is 10.2. The monoisotopic (exact) mass is 307 g/mol. The summed E-state index contributed by atoms with van der Waals surface area (Å²) in [4.78, 5) is 24.6. The molecule has 4 nitrogen and oxygen atoms in total. The average Bonchev–Trinajstić information content (AvgIpc) is 2.97. The number of hydrogen-bond acceptors (Lipinski definition) is 3. The quantitative estimate of drug-likeness (QED) is 0.787. The molecule has 5 heteroatoms. The number of carbonyl (C=O) groups is 2. The maximum atomic E-state index is 12.0. The molecule has 1 fully saturated rings. The van der Waals surface area contributed by atoms with Crippen LogP contribution in [0.5, 0.6) is 0 Å². The van der Waals surface area contributed by atoms with Crippen molar-refractivity contribution in [3.8, 4) is 0 Å². The number of aliphatic carboxylic acids is 1. The van der Waals surface area contributed by atoms with Crippen LogP contribution in [-0.4, -0.2) is 40.2 Å². The largest absolute Gasteiger partial charge is 0.480 e. The van der Waals surface area contributed by atoms with Gasteiger partial charge in [-0.05, 0) is 30.6 Å². The molecule has 1 N–H and O–H groups in total. The van der Waals surface area contributed by atoms with E-state index in [2.05, 4.69) is 12.1 Å². The highest BCUT2D eigenvalue weighted by atomic mass is 32.2. The summed E-state index contributed by atoms with van der Waals surface area (Å²) in [6.45, 7) is 0.590. The second-order valence-electron chi connectivity index (χ2n) is 5.23. The minimum atomic E-state index is -0.876. The van der Waals surface area contributed by atoms with E-state index < -0.39 is 12.0 Å². The van der Waals surface area contributed by atoms with Gasteiger partial charge in [0.2, 0.25) is 5.91 Å². The van der Waals surface area contributed by atoms with Gasteiger partial charge in [-0.1, -0.05) is 30.3 Å². The van der Waals surface area contributed by atoms with E-state index in [0.29, 0.717) is 19.4 Å². The van der Waals surface area contributed by atoms with Crippen LogP contribution in [0.3, 0.4) is 0 Å². The Bertz CT molecular complexity index is 478. The van der Waals surface area contributed by atoms with E-state index in [9.17, 15) is 9.59 Å². The first-order valence-corrected chi connectivity index (χ1v) is 8.48. The van der Waals surface area contributed by atoms with Gasteiger partial charge >= 0.3 is 5.97 Å². The van der Waals surface area contributed by atoms with Crippen molar-refractivity contribution < 1.29 is 14.7 Å². The normalized spacial score (nSPS) is 17.9. The highest BCUT2D eigenvalue weighted by Crippen LogP contribution is 2.20. The number of nitrogens with zero attached hydrogens (tertiary/aromatic N) is 1. The molecule has 0 saturated carbocycles. The van der Waals surface area contributed by atoms with Gasteiger partial charge < -0.3 is 10.0 Å². The summed E-state index contributed by atoms with van der Waals surface area (Å²) in [5, 5.41) is 9.07. The van der Waals surface area contributed by atoms with Crippen molar-refractivity contribution in [3.63, 3.8) is 0 Å². The zero-order chi connectivity index (χ0) is 15.1. The summed E-state index contributed by atoms with van der Waals surface area (Å²) in [5.41, 5.74) is 1.29. The molecule has 1 atom stereocenters. The molecule has 0 radical (unpaired) electrons. The van der Waals surface area contributed by atoms with Crippen LogP contribution >= 0.6 is 11.8 Å². The van der Waals surface area contributed by atoms with Gasteiger partial charge in [0.1, 0.15) is 6.04 Å². The lowest BCUT2D eigenvalue weighted by atomic mass is 10.2. The number of hydrogen-bond donors (Lipinski definition) is 1. The van der Waals surface area contributed by atoms with Gasteiger partial charge in [-0.25, -0.2) is 4.79 Å². The van der Waals surface area contributed by atoms with Crippen LogP contribution in [0.4, 0.5) is 0 Å². The lowest BCUT2D eigenvalue weighted by Gasteiger charge is -2.21. The van der Waals surface area contributed by atoms with Crippen molar-refractivity contribution in [2.75, 3.05) is 12.3 Å². The van der Waals surface area contributed by atoms with Crippen LogP contribution in [0.25, 0.3) is 0 Å². The number of thioether (sulfide) groups is 1. The third-order valence-electron chi connectivity index (χ3n) is 3.65. The van der Waals surface area contributed by atoms with E-state index in [1.165, 1.54) is 10.5 Å². The Morgan fingerprint density at radius 3 is 2.76 bits per heavy atom. The van der Waals surface area contributed by atoms with Crippen molar-refractivity contribution in [2.24, 2.45) is 0 Å². The Kier molecular flexibility index (Phi) is 6.11. The molecule has 1 saturated heterocycles. The number of carbonyl (C=O) groups excluding carboxylic acids is 1. The van der Waals surface area contributed by atoms with E-state index in [-0.39, 0.29) is 5.91 Å². The Morgan fingerprint density at radius 1 is 1.29 bits per heavy atom. The molecule has 0 spiro atoms. The SMILES string of the molecule is O=C(O)[C@@H]1CCCN1C(=O)CCCSCc1ccccc1. The number of likely N-dealkylation sites (tertiary alicyclic amines) is 1. The molecule has 1 aliphatic heterocycles. The fourth-order valence-electron chi connectivity index (χ4n) is 2.56. The van der Waals surface area contributed by atoms with Gasteiger partial charge in [-0.15, -0.1) is 0 Å². The maximum Gasteiger partial charge on any atom is 0.326 e. The van der Waals surface area contributed by atoms with Crippen molar-refractivity contribution in [2.45, 2.75) is 37.5 Å². The average molecular weight is 307 g/mol. The Hall–Kier alpha value is -1.49. The number of carboxylic acid groups (broad SMARTS) is 1. The molecular formula is C16H21NO3S. The first kappa shape index (κ1) is 15.9. The molecule has 2 rings (SSSR count). The molecule has 1 heterocycles. The molecule has 21 heavy (non-hydrogen) atoms. The lowest BCUT2D eigenvalue weighted by Crippen LogP contribution is -2.40. The molecule has 0 unspecified atom stereocenters. The van der Waals surface area contributed by atoms with Crippen molar-refractivity contribution >= 4 is 23.6 Å². The summed E-state index contributed by atoms with van der Waals surface area (Å²) in [7, 11) is 0. The summed E-state index contributed by atoms with van der Waals surface area (Å²) in [5.74, 6) is 0.988. The number of rotatable bonds is 7. The molecule has 1 aliphatic rings. The predicted molar refractivity (Wildman–Crippen MR) is 84.2 cm³/mol. The number of amides is 1. The fraction of sp³-hybridized carbons (Fsp3) is 0.500. The van der Waals surface area contributed by atoms with E-state index in [0.717, 1.165) is 24.3 Å². The Balaban J connectivity index is 1.64. The van der Waals surface area contributed by atoms with Crippen LogP contribution in [-0.2, 0) is 15.3 Å². The Morgan fingerprint density at radius 2 is 2.05 bits per heavy atom. The fourth-order valence-corrected chi connectivity index (χ4v) is 3.48. The molecule has 114 valence electrons. The topological polar surface area (TPSA) is 57.6 Å². The molecular weight excluding hydrogens is 286 g/mol. The minimum absolute atomic E-state index is 0.0137. The van der Waals surface area contributed by atoms with Crippen molar-refractivity contribution in [3.05, 3.63) is 35.9 Å². The van der Waals surface area contributed by atoms with Gasteiger partial charge in [-0.2, -0.15) is 11.8 Å². The summed E-state index contributed by atoms with van der Waals surface area (Å²) in [6, 6.07) is 9.65. The molecule has 1 amide bonds. The van der Waals surface area contributed by atoms with Crippen LogP contribution in [0.1, 0.15) is 31.2 Å². The van der Waals surface area contributed by atoms with E-state index in [1.807, 2.05) is 30.0 Å². The molecule has 0 bridgehead atoms. The van der Waals surface area contributed by atoms with Crippen LogP contribution in [0.2, 0.25) is 0 Å². The van der Waals surface area contributed by atoms with Gasteiger partial charge in [0.05, 0.1) is 0 Å². The summed E-state index contributed by atoms with van der Waals surface area (Å²) >= 11 is 1.81. The van der Waals surface area contributed by atoms with Gasteiger partial charge in [0.25, 0.3) is 0 Å². The first-order valence-electron chi connectivity index (χ1n) is 7.32. The van der Waals surface area contributed by atoms with E-state index >= 15 is 0 Å². The number of benzene rings is 1. The standard InChI is InChI=1S/C16H21NO3S/c18-15(17-10-4-8-14(17)16(19)20)9-5-11-21-12-13-6-2-1-3-7-13/h1-3,6-7,14H,4-5,8-12H2,(H,19,20)/t14-/m0/s1. The van der Waals surface area contributed by atoms with Gasteiger partial charge in [0.15, 0.2) is 0 Å². The highest BCUT2D eigenvalue weighted by molar-refractivity contribution is 7.98. The second kappa shape index (κ2) is 8.08. The smallest absolute Gasteiger partial charge is 0.326 e. The summed E-state index contributed by atoms with van der Waals surface area (Å²) < 4.78 is 0. The summed E-state index contributed by atoms with van der Waals surface area (Å²) in [6.07, 6.45) is 2.64. The number of carboxylic acids is 1. The molecule has 1 aromatic carbocycles. The minimum Gasteiger partial charge on any atom is -0.480 e. The molecule has 0 aromatic heterocycles. The zero-order valence-corrected chi connectivity index (χ0v) is 12.8. The van der Waals surface area contributed by atoms with Crippen molar-refractivity contribution in [1.29, 1.82) is 0 Å². The maximum absolute atomic E-state index is 12.0. The second-order valence-corrected chi connectivity index (χ2v) is 6.33. The van der Waals surface area contributed by atoms with E-state index in [1.54, 1.807) is 0 Å². The zero-order valence-electron chi connectivity index (χ0n) is 12.0. The highest BCUT2D eigenvalue weighted by Gasteiger charge is 2.33. The van der Waals surface area contributed by atoms with E-state index in [4.69, 9.17) is 5.11 Å². The van der Waals surface area contributed by atoms with Crippen LogP contribution < -0.4 is 0 Å². The third-order valence-corrected chi connectivity index (χ3v) is 4.76. The Labute approximate surface area is 129 Å². The third kappa shape index (κ3) is 4.77.